The van der Waals surface area contributed by atoms with Crippen molar-refractivity contribution in [3.63, 3.8) is 0 Å². The molecule has 7 nitrogen and oxygen atoms in total. The Morgan fingerprint density at radius 3 is 2.25 bits per heavy atom. The molecule has 1 saturated heterocycles. The van der Waals surface area contributed by atoms with E-state index in [-0.39, 0.29) is 43.3 Å². The summed E-state index contributed by atoms with van der Waals surface area (Å²) in [6, 6.07) is 10.3. The quantitative estimate of drug-likeness (QED) is 0.728. The van der Waals surface area contributed by atoms with Gasteiger partial charge in [-0.05, 0) is 30.3 Å². The number of amides is 3. The minimum absolute atomic E-state index is 0.0695. The van der Waals surface area contributed by atoms with E-state index >= 15 is 0 Å². The third-order valence-electron chi connectivity index (χ3n) is 5.67. The molecule has 2 heterocycles. The van der Waals surface area contributed by atoms with E-state index in [0.717, 1.165) is 12.1 Å². The summed E-state index contributed by atoms with van der Waals surface area (Å²) < 4.78 is 32.1. The van der Waals surface area contributed by atoms with Crippen LogP contribution in [0, 0.1) is 11.6 Å². The Hall–Kier alpha value is -3.49. The number of carbonyl (C=O) groups excluding carboxylic acids is 3. The van der Waals surface area contributed by atoms with Gasteiger partial charge in [0.25, 0.3) is 5.91 Å². The molecule has 4 rings (SSSR count). The minimum Gasteiger partial charge on any atom is -0.490 e. The summed E-state index contributed by atoms with van der Waals surface area (Å²) in [6.07, 6.45) is 0.163. The molecule has 0 unspecified atom stereocenters. The number of fused-ring (bicyclic) bond motifs is 1. The van der Waals surface area contributed by atoms with Crippen LogP contribution in [0.15, 0.2) is 42.5 Å². The van der Waals surface area contributed by atoms with Crippen LogP contribution in [0.1, 0.15) is 23.2 Å². The maximum Gasteiger partial charge on any atom is 0.254 e. The predicted octanol–water partition coefficient (Wildman–Crippen LogP) is 2.46. The molecule has 0 atom stereocenters. The maximum atomic E-state index is 13.4. The van der Waals surface area contributed by atoms with Crippen LogP contribution >= 0.6 is 0 Å². The smallest absolute Gasteiger partial charge is 0.254 e. The average Bonchev–Trinajstić information content (AvgIpc) is 2.83. The molecule has 32 heavy (non-hydrogen) atoms. The van der Waals surface area contributed by atoms with Gasteiger partial charge in [0, 0.05) is 44.6 Å². The minimum atomic E-state index is -1.07. The first-order valence-electron chi connectivity index (χ1n) is 10.5. The summed E-state index contributed by atoms with van der Waals surface area (Å²) in [5, 5.41) is 0. The van der Waals surface area contributed by atoms with Crippen LogP contribution in [0.5, 0.6) is 5.75 Å². The second kappa shape index (κ2) is 9.33. The van der Waals surface area contributed by atoms with Crippen LogP contribution in [-0.4, -0.2) is 66.9 Å². The Balaban J connectivity index is 1.27. The number of benzene rings is 2. The molecule has 168 valence electrons. The third kappa shape index (κ3) is 4.56. The molecular formula is C23H23F2N3O4. The van der Waals surface area contributed by atoms with E-state index in [1.54, 1.807) is 15.9 Å². The molecule has 0 radical (unpaired) electrons. The van der Waals surface area contributed by atoms with Gasteiger partial charge in [0.05, 0.1) is 12.2 Å². The second-order valence-electron chi connectivity index (χ2n) is 7.66. The Labute approximate surface area is 184 Å². The third-order valence-corrected chi connectivity index (χ3v) is 5.67. The van der Waals surface area contributed by atoms with Gasteiger partial charge in [0.15, 0.2) is 11.6 Å². The molecule has 0 saturated carbocycles. The molecule has 0 N–H and O–H groups in total. The van der Waals surface area contributed by atoms with Gasteiger partial charge >= 0.3 is 0 Å². The highest BCUT2D eigenvalue weighted by atomic mass is 19.2. The fraction of sp³-hybridized carbons (Fsp3) is 0.348. The van der Waals surface area contributed by atoms with Crippen molar-refractivity contribution >= 4 is 23.4 Å². The molecule has 0 aliphatic carbocycles. The van der Waals surface area contributed by atoms with Crippen molar-refractivity contribution < 1.29 is 27.9 Å². The van der Waals surface area contributed by atoms with Crippen LogP contribution in [0.3, 0.4) is 0 Å². The van der Waals surface area contributed by atoms with E-state index in [2.05, 4.69) is 0 Å². The van der Waals surface area contributed by atoms with Crippen molar-refractivity contribution in [1.82, 2.24) is 9.80 Å². The van der Waals surface area contributed by atoms with Crippen molar-refractivity contribution in [2.75, 3.05) is 44.2 Å². The lowest BCUT2D eigenvalue weighted by molar-refractivity contribution is -0.134. The van der Waals surface area contributed by atoms with Gasteiger partial charge in [0.2, 0.25) is 11.8 Å². The first-order chi connectivity index (χ1) is 15.4. The largest absolute Gasteiger partial charge is 0.490 e. The fourth-order valence-electron chi connectivity index (χ4n) is 3.91. The molecule has 0 bridgehead atoms. The molecule has 0 spiro atoms. The lowest BCUT2D eigenvalue weighted by Gasteiger charge is -2.35. The van der Waals surface area contributed by atoms with Crippen LogP contribution in [0.25, 0.3) is 0 Å². The Morgan fingerprint density at radius 1 is 0.812 bits per heavy atom. The van der Waals surface area contributed by atoms with E-state index in [1.807, 2.05) is 18.2 Å². The van der Waals surface area contributed by atoms with Gasteiger partial charge in [-0.25, -0.2) is 8.78 Å². The van der Waals surface area contributed by atoms with Gasteiger partial charge in [0.1, 0.15) is 12.4 Å². The van der Waals surface area contributed by atoms with E-state index in [0.29, 0.717) is 37.7 Å². The topological polar surface area (TPSA) is 70.2 Å². The van der Waals surface area contributed by atoms with E-state index in [9.17, 15) is 23.2 Å². The molecule has 3 amide bonds. The van der Waals surface area contributed by atoms with Gasteiger partial charge in [-0.1, -0.05) is 12.1 Å². The molecule has 2 aliphatic heterocycles. The zero-order chi connectivity index (χ0) is 22.7. The lowest BCUT2D eigenvalue weighted by atomic mass is 10.1. The van der Waals surface area contributed by atoms with Crippen LogP contribution in [-0.2, 0) is 9.59 Å². The van der Waals surface area contributed by atoms with Crippen LogP contribution in [0.2, 0.25) is 0 Å². The van der Waals surface area contributed by atoms with Gasteiger partial charge in [-0.3, -0.25) is 14.4 Å². The highest BCUT2D eigenvalue weighted by molar-refractivity contribution is 5.97. The summed E-state index contributed by atoms with van der Waals surface area (Å²) in [7, 11) is 0. The number of hydrogen-bond acceptors (Lipinski definition) is 4. The molecule has 2 aromatic rings. The zero-order valence-electron chi connectivity index (χ0n) is 17.4. The predicted molar refractivity (Wildman–Crippen MR) is 112 cm³/mol. The molecule has 9 heteroatoms. The summed E-state index contributed by atoms with van der Waals surface area (Å²) in [5.41, 5.74) is 0.778. The normalized spacial score (nSPS) is 15.8. The standard InChI is InChI=1S/C23H23F2N3O4/c24-17-6-5-16(15-18(17)25)23(31)27-11-9-26(10-12-27)21(29)7-8-22(30)28-13-14-32-20-4-2-1-3-19(20)28/h1-6,15H,7-14H2. The number of rotatable bonds is 4. The van der Waals surface area contributed by atoms with Crippen LogP contribution in [0.4, 0.5) is 14.5 Å². The van der Waals surface area contributed by atoms with Crippen molar-refractivity contribution in [1.29, 1.82) is 0 Å². The van der Waals surface area contributed by atoms with Gasteiger partial charge in [-0.15, -0.1) is 0 Å². The van der Waals surface area contributed by atoms with Gasteiger partial charge < -0.3 is 19.4 Å². The van der Waals surface area contributed by atoms with E-state index in [1.165, 1.54) is 11.0 Å². The zero-order valence-corrected chi connectivity index (χ0v) is 17.4. The lowest BCUT2D eigenvalue weighted by Crippen LogP contribution is -2.50. The number of nitrogens with zero attached hydrogens (tertiary/aromatic N) is 3. The summed E-state index contributed by atoms with van der Waals surface area (Å²) in [6.45, 7) is 2.06. The monoisotopic (exact) mass is 443 g/mol. The number of piperazine rings is 1. The molecular weight excluding hydrogens is 420 g/mol. The molecule has 2 aromatic carbocycles. The highest BCUT2D eigenvalue weighted by Gasteiger charge is 2.27. The molecule has 1 fully saturated rings. The summed E-state index contributed by atoms with van der Waals surface area (Å²) in [4.78, 5) is 42.6. The Morgan fingerprint density at radius 2 is 1.50 bits per heavy atom. The summed E-state index contributed by atoms with van der Waals surface area (Å²) in [5.74, 6) is -2.12. The number of anilines is 1. The molecule has 0 aromatic heterocycles. The fourth-order valence-corrected chi connectivity index (χ4v) is 3.91. The Kier molecular flexibility index (Phi) is 6.34. The number of hydrogen-bond donors (Lipinski definition) is 0. The van der Waals surface area contributed by atoms with Crippen LogP contribution < -0.4 is 9.64 Å². The van der Waals surface area contributed by atoms with Crippen molar-refractivity contribution in [3.05, 3.63) is 59.7 Å². The maximum absolute atomic E-state index is 13.4. The van der Waals surface area contributed by atoms with Gasteiger partial charge in [-0.2, -0.15) is 0 Å². The van der Waals surface area contributed by atoms with Crippen molar-refractivity contribution in [3.8, 4) is 5.75 Å². The number of carbonyl (C=O) groups is 3. The van der Waals surface area contributed by atoms with Crippen molar-refractivity contribution in [2.45, 2.75) is 12.8 Å². The summed E-state index contributed by atoms with van der Waals surface area (Å²) >= 11 is 0. The first kappa shape index (κ1) is 21.7. The Bertz CT molecular complexity index is 1040. The SMILES string of the molecule is O=C(CCC(=O)N1CCOc2ccccc21)N1CCN(C(=O)c2ccc(F)c(F)c2)CC1. The first-order valence-corrected chi connectivity index (χ1v) is 10.5. The number of halogens is 2. The number of ether oxygens (including phenoxy) is 1. The second-order valence-corrected chi connectivity index (χ2v) is 7.66. The number of para-hydroxylation sites is 2. The highest BCUT2D eigenvalue weighted by Crippen LogP contribution is 2.31. The average molecular weight is 443 g/mol. The van der Waals surface area contributed by atoms with E-state index < -0.39 is 17.5 Å². The van der Waals surface area contributed by atoms with E-state index in [4.69, 9.17) is 4.74 Å². The van der Waals surface area contributed by atoms with Crippen molar-refractivity contribution in [2.24, 2.45) is 0 Å². The molecule has 2 aliphatic rings.